The maximum atomic E-state index is 3.49. The Balaban J connectivity index is -0.0000000150. The van der Waals surface area contributed by atoms with E-state index in [0.29, 0.717) is 0 Å². The minimum Gasteiger partial charge on any atom is -0.813 e. The van der Waals surface area contributed by atoms with Crippen molar-refractivity contribution in [2.75, 3.05) is 0 Å². The Morgan fingerprint density at radius 2 is 0.727 bits per heavy atom. The van der Waals surface area contributed by atoms with E-state index < -0.39 is 0 Å². The van der Waals surface area contributed by atoms with E-state index >= 15 is 0 Å². The fourth-order valence-corrected chi connectivity index (χ4v) is 0. The van der Waals surface area contributed by atoms with Crippen LogP contribution in [0.5, 0.6) is 0 Å². The van der Waals surface area contributed by atoms with Gasteiger partial charge in [-0.25, -0.2) is 0 Å². The average molecular weight is 307 g/mol. The summed E-state index contributed by atoms with van der Waals surface area (Å²) in [7, 11) is 0. The molecule has 0 spiro atoms. The van der Waals surface area contributed by atoms with Crippen molar-refractivity contribution in [1.29, 1.82) is 0 Å². The summed E-state index contributed by atoms with van der Waals surface area (Å²) in [5.74, 6) is 0. The van der Waals surface area contributed by atoms with Crippen molar-refractivity contribution in [3.8, 4) is 0 Å². The molecule has 0 heterocycles. The molecule has 0 amide bonds. The zero-order valence-corrected chi connectivity index (χ0v) is 12.3. The fourth-order valence-electron chi connectivity index (χ4n) is 0. The number of thiol groups is 1. The smallest absolute Gasteiger partial charge is 0 e. The predicted octanol–water partition coefficient (Wildman–Crippen LogP) is 3.42. The Morgan fingerprint density at radius 3 is 0.727 bits per heavy atom. The monoisotopic (exact) mass is 304 g/mol. The third-order valence-corrected chi connectivity index (χ3v) is 0. The molecule has 0 nitrogen and oxygen atoms in total. The largest absolute Gasteiger partial charge is 0.813 e. The molecule has 0 radical (unpaired) electrons. The maximum absolute atomic E-state index is 3.49. The van der Waals surface area contributed by atoms with E-state index in [9.17, 15) is 0 Å². The summed E-state index contributed by atoms with van der Waals surface area (Å²) in [5.41, 5.74) is 0. The normalized spacial score (nSPS) is 4.91. The van der Waals surface area contributed by atoms with Crippen molar-refractivity contribution in [2.45, 2.75) is 40.0 Å². The molecule has 0 saturated heterocycles. The summed E-state index contributed by atoms with van der Waals surface area (Å²) in [6, 6.07) is 0. The van der Waals surface area contributed by atoms with Gasteiger partial charge in [-0.3, -0.25) is 0 Å². The van der Waals surface area contributed by atoms with Crippen LogP contribution in [-0.4, -0.2) is 0 Å². The van der Waals surface area contributed by atoms with E-state index in [4.69, 9.17) is 0 Å². The van der Waals surface area contributed by atoms with Crippen molar-refractivity contribution in [3.63, 3.8) is 0 Å². The molecule has 11 heavy (non-hydrogen) atoms. The second-order valence-electron chi connectivity index (χ2n) is 1.50. The second-order valence-corrected chi connectivity index (χ2v) is 1.50. The molecule has 0 aliphatic carbocycles. The summed E-state index contributed by atoms with van der Waals surface area (Å²) in [5, 5.41) is 0. The van der Waals surface area contributed by atoms with Crippen LogP contribution >= 0.6 is 0 Å². The SMILES string of the molecule is [CH2-]CC.[CH2-]CC.[CH2-]CC.[Nd].[SH-]. The van der Waals surface area contributed by atoms with Crippen LogP contribution in [0.25, 0.3) is 0 Å². The quantitative estimate of drug-likeness (QED) is 0.375. The van der Waals surface area contributed by atoms with Gasteiger partial charge < -0.3 is 34.3 Å². The zero-order chi connectivity index (χ0) is 8.12. The first-order chi connectivity index (χ1) is 4.24. The average Bonchev–Trinajstić information content (AvgIpc) is 1.70. The van der Waals surface area contributed by atoms with Crippen LogP contribution in [0.15, 0.2) is 0 Å². The first-order valence-electron chi connectivity index (χ1n) is 3.62. The Morgan fingerprint density at radius 1 is 0.727 bits per heavy atom. The van der Waals surface area contributed by atoms with Gasteiger partial charge in [0.2, 0.25) is 0 Å². The van der Waals surface area contributed by atoms with Gasteiger partial charge in [0.1, 0.15) is 0 Å². The Labute approximate surface area is 114 Å². The van der Waals surface area contributed by atoms with Gasteiger partial charge in [0.15, 0.2) is 0 Å². The van der Waals surface area contributed by atoms with Crippen LogP contribution in [0.1, 0.15) is 40.0 Å². The molecule has 0 atom stereocenters. The van der Waals surface area contributed by atoms with Gasteiger partial charge in [-0.1, -0.05) is 20.8 Å². The van der Waals surface area contributed by atoms with Crippen molar-refractivity contribution >= 4 is 13.5 Å². The third kappa shape index (κ3) is 381. The van der Waals surface area contributed by atoms with Crippen molar-refractivity contribution in [3.05, 3.63) is 20.8 Å². The van der Waals surface area contributed by atoms with Crippen LogP contribution in [0.2, 0.25) is 0 Å². The standard InChI is InChI=1S/3C3H7.Nd.H2S/c3*1-3-2;;/h3*1,3H2,2H3;;1H2/q3*-1;;/p-1. The molecule has 0 aliphatic heterocycles. The van der Waals surface area contributed by atoms with Crippen LogP contribution in [-0.2, 0) is 13.5 Å². The molecule has 0 N–H and O–H groups in total. The molecule has 0 bridgehead atoms. The van der Waals surface area contributed by atoms with Crippen LogP contribution in [0.3, 0.4) is 0 Å². The molecule has 72 valence electrons. The molecule has 0 saturated carbocycles. The van der Waals surface area contributed by atoms with E-state index in [1.807, 2.05) is 20.8 Å². The molecule has 0 rings (SSSR count). The second kappa shape index (κ2) is 60.6. The van der Waals surface area contributed by atoms with E-state index in [-0.39, 0.29) is 54.3 Å². The number of rotatable bonds is 0. The van der Waals surface area contributed by atoms with Crippen LogP contribution in [0, 0.1) is 61.6 Å². The molecule has 0 aliphatic rings. The van der Waals surface area contributed by atoms with E-state index in [0.717, 1.165) is 19.3 Å². The van der Waals surface area contributed by atoms with E-state index in [2.05, 4.69) is 20.8 Å². The Bertz CT molecular complexity index is 14.3. The number of hydrogen-bond acceptors (Lipinski definition) is 1. The molecule has 2 heteroatoms. The predicted molar refractivity (Wildman–Crippen MR) is 55.7 cm³/mol. The first-order valence-corrected chi connectivity index (χ1v) is 3.62. The molecular weight excluding hydrogens is 284 g/mol. The summed E-state index contributed by atoms with van der Waals surface area (Å²) >= 11 is 0. The topological polar surface area (TPSA) is 0 Å². The third-order valence-electron chi connectivity index (χ3n) is 0. The zero-order valence-electron chi connectivity index (χ0n) is 8.19. The molecular formula is C9H22NdS-4. The van der Waals surface area contributed by atoms with Gasteiger partial charge >= 0.3 is 0 Å². The van der Waals surface area contributed by atoms with Crippen molar-refractivity contribution < 1.29 is 40.8 Å². The summed E-state index contributed by atoms with van der Waals surface area (Å²) in [4.78, 5) is 0. The van der Waals surface area contributed by atoms with Crippen LogP contribution in [0.4, 0.5) is 0 Å². The summed E-state index contributed by atoms with van der Waals surface area (Å²) in [6.45, 7) is 16.5. The summed E-state index contributed by atoms with van der Waals surface area (Å²) < 4.78 is 0. The molecule has 0 aromatic rings. The van der Waals surface area contributed by atoms with E-state index in [1.54, 1.807) is 0 Å². The number of hydrogen-bond donors (Lipinski definition) is 0. The Hall–Kier alpha value is 1.70. The van der Waals surface area contributed by atoms with Gasteiger partial charge in [-0.05, 0) is 0 Å². The molecule has 0 fully saturated rings. The van der Waals surface area contributed by atoms with Gasteiger partial charge in [0, 0.05) is 40.8 Å². The summed E-state index contributed by atoms with van der Waals surface area (Å²) in [6.07, 6.45) is 3.00. The van der Waals surface area contributed by atoms with Gasteiger partial charge in [0.25, 0.3) is 0 Å². The van der Waals surface area contributed by atoms with Gasteiger partial charge in [-0.2, -0.15) is 19.3 Å². The van der Waals surface area contributed by atoms with Gasteiger partial charge in [0.05, 0.1) is 0 Å². The first kappa shape index (κ1) is 29.3. The minimum absolute atomic E-state index is 0. The van der Waals surface area contributed by atoms with Crippen molar-refractivity contribution in [2.24, 2.45) is 0 Å². The van der Waals surface area contributed by atoms with Crippen molar-refractivity contribution in [1.82, 2.24) is 0 Å². The molecule has 0 unspecified atom stereocenters. The maximum Gasteiger partial charge on any atom is 0 e. The minimum atomic E-state index is 0. The molecule has 0 aromatic heterocycles. The van der Waals surface area contributed by atoms with Crippen LogP contribution < -0.4 is 0 Å². The fraction of sp³-hybridized carbons (Fsp3) is 0.667. The van der Waals surface area contributed by atoms with Gasteiger partial charge in [-0.15, -0.1) is 0 Å². The van der Waals surface area contributed by atoms with E-state index in [1.165, 1.54) is 0 Å². The Kier molecular flexibility index (Phi) is 162. The molecule has 0 aromatic carbocycles.